The van der Waals surface area contributed by atoms with Gasteiger partial charge in [-0.3, -0.25) is 0 Å². The molecule has 0 atom stereocenters. The molecule has 0 aromatic heterocycles. The van der Waals surface area contributed by atoms with Crippen molar-refractivity contribution in [2.45, 2.75) is 53.4 Å². The van der Waals surface area contributed by atoms with Gasteiger partial charge in [0.1, 0.15) is 0 Å². The first-order valence-corrected chi connectivity index (χ1v) is 7.86. The van der Waals surface area contributed by atoms with Crippen LogP contribution in [0.1, 0.15) is 51.7 Å². The first kappa shape index (κ1) is 16.2. The van der Waals surface area contributed by atoms with Gasteiger partial charge in [-0.15, -0.1) is 0 Å². The number of aryl methyl sites for hydroxylation is 1. The second-order valence-corrected chi connectivity index (χ2v) is 6.47. The standard InChI is InChI=1S/C18H31N/c1-15(2)13-18-10-8-17(9-11-18)7-5-6-12-19-14-16(3)4/h8-11,15-16,19H,5-7,12-14H2,1-4H3. The number of nitrogens with one attached hydrogen (secondary N) is 1. The normalized spacial score (nSPS) is 11.5. The number of unbranched alkanes of at least 4 members (excludes halogenated alkanes) is 1. The minimum absolute atomic E-state index is 0.748. The van der Waals surface area contributed by atoms with Gasteiger partial charge >= 0.3 is 0 Å². The van der Waals surface area contributed by atoms with Gasteiger partial charge in [-0.2, -0.15) is 0 Å². The van der Waals surface area contributed by atoms with Gasteiger partial charge in [-0.25, -0.2) is 0 Å². The summed E-state index contributed by atoms with van der Waals surface area (Å²) in [5.41, 5.74) is 2.95. The molecule has 0 aliphatic heterocycles. The van der Waals surface area contributed by atoms with E-state index in [2.05, 4.69) is 57.3 Å². The summed E-state index contributed by atoms with van der Waals surface area (Å²) < 4.78 is 0. The maximum Gasteiger partial charge on any atom is -0.00258 e. The fraction of sp³-hybridized carbons (Fsp3) is 0.667. The minimum Gasteiger partial charge on any atom is -0.316 e. The van der Waals surface area contributed by atoms with E-state index >= 15 is 0 Å². The van der Waals surface area contributed by atoms with Crippen LogP contribution < -0.4 is 5.32 Å². The molecule has 1 nitrogen and oxygen atoms in total. The molecule has 1 N–H and O–H groups in total. The summed E-state index contributed by atoms with van der Waals surface area (Å²) in [7, 11) is 0. The van der Waals surface area contributed by atoms with Crippen LogP contribution in [0.25, 0.3) is 0 Å². The fourth-order valence-corrected chi connectivity index (χ4v) is 2.28. The molecule has 0 spiro atoms. The molecule has 0 aliphatic rings. The zero-order valence-electron chi connectivity index (χ0n) is 13.2. The van der Waals surface area contributed by atoms with Gasteiger partial charge in [0, 0.05) is 0 Å². The number of hydrogen-bond donors (Lipinski definition) is 1. The molecule has 19 heavy (non-hydrogen) atoms. The highest BCUT2D eigenvalue weighted by molar-refractivity contribution is 5.22. The molecule has 0 aliphatic carbocycles. The van der Waals surface area contributed by atoms with Crippen LogP contribution in [0, 0.1) is 11.8 Å². The predicted molar refractivity (Wildman–Crippen MR) is 85.6 cm³/mol. The number of benzene rings is 1. The van der Waals surface area contributed by atoms with Gasteiger partial charge in [0.15, 0.2) is 0 Å². The van der Waals surface area contributed by atoms with Gasteiger partial charge < -0.3 is 5.32 Å². The SMILES string of the molecule is CC(C)CNCCCCc1ccc(CC(C)C)cc1. The highest BCUT2D eigenvalue weighted by Gasteiger charge is 1.99. The molecule has 0 amide bonds. The van der Waals surface area contributed by atoms with Crippen LogP contribution in [-0.4, -0.2) is 13.1 Å². The van der Waals surface area contributed by atoms with Crippen LogP contribution in [0.3, 0.4) is 0 Å². The molecule has 0 heterocycles. The Kier molecular flexibility index (Phi) is 7.81. The average Bonchev–Trinajstić information content (AvgIpc) is 2.34. The Morgan fingerprint density at radius 3 is 2.05 bits per heavy atom. The highest BCUT2D eigenvalue weighted by atomic mass is 14.8. The highest BCUT2D eigenvalue weighted by Crippen LogP contribution is 2.11. The third-order valence-corrected chi connectivity index (χ3v) is 3.29. The Hall–Kier alpha value is -0.820. The van der Waals surface area contributed by atoms with Crippen molar-refractivity contribution < 1.29 is 0 Å². The van der Waals surface area contributed by atoms with E-state index < -0.39 is 0 Å². The van der Waals surface area contributed by atoms with E-state index in [1.807, 2.05) is 0 Å². The van der Waals surface area contributed by atoms with E-state index in [9.17, 15) is 0 Å². The molecular weight excluding hydrogens is 230 g/mol. The van der Waals surface area contributed by atoms with Crippen LogP contribution >= 0.6 is 0 Å². The Balaban J connectivity index is 2.16. The average molecular weight is 261 g/mol. The maximum atomic E-state index is 3.50. The lowest BCUT2D eigenvalue weighted by Gasteiger charge is -2.08. The van der Waals surface area contributed by atoms with Crippen molar-refractivity contribution in [3.8, 4) is 0 Å². The summed E-state index contributed by atoms with van der Waals surface area (Å²) in [4.78, 5) is 0. The molecule has 0 unspecified atom stereocenters. The van der Waals surface area contributed by atoms with Crippen molar-refractivity contribution in [2.24, 2.45) is 11.8 Å². The van der Waals surface area contributed by atoms with E-state index in [0.29, 0.717) is 0 Å². The molecule has 0 saturated carbocycles. The van der Waals surface area contributed by atoms with Crippen molar-refractivity contribution in [3.63, 3.8) is 0 Å². The van der Waals surface area contributed by atoms with Gasteiger partial charge in [0.2, 0.25) is 0 Å². The smallest absolute Gasteiger partial charge is 0.00258 e. The maximum absolute atomic E-state index is 3.50. The molecule has 0 fully saturated rings. The van der Waals surface area contributed by atoms with Gasteiger partial charge in [0.25, 0.3) is 0 Å². The molecule has 0 radical (unpaired) electrons. The van der Waals surface area contributed by atoms with Crippen molar-refractivity contribution in [2.75, 3.05) is 13.1 Å². The molecule has 1 rings (SSSR count). The van der Waals surface area contributed by atoms with Crippen LogP contribution in [-0.2, 0) is 12.8 Å². The van der Waals surface area contributed by atoms with Crippen LogP contribution in [0.15, 0.2) is 24.3 Å². The van der Waals surface area contributed by atoms with Crippen LogP contribution in [0.4, 0.5) is 0 Å². The van der Waals surface area contributed by atoms with Gasteiger partial charge in [-0.05, 0) is 61.7 Å². The van der Waals surface area contributed by atoms with Crippen molar-refractivity contribution in [1.29, 1.82) is 0 Å². The van der Waals surface area contributed by atoms with E-state index in [1.165, 1.54) is 36.8 Å². The first-order valence-electron chi connectivity index (χ1n) is 7.86. The summed E-state index contributed by atoms with van der Waals surface area (Å²) in [6.45, 7) is 11.4. The largest absolute Gasteiger partial charge is 0.316 e. The van der Waals surface area contributed by atoms with E-state index in [1.54, 1.807) is 0 Å². The Morgan fingerprint density at radius 1 is 0.842 bits per heavy atom. The lowest BCUT2D eigenvalue weighted by Crippen LogP contribution is -2.20. The van der Waals surface area contributed by atoms with E-state index in [0.717, 1.165) is 24.9 Å². The third-order valence-electron chi connectivity index (χ3n) is 3.29. The van der Waals surface area contributed by atoms with Crippen molar-refractivity contribution in [3.05, 3.63) is 35.4 Å². The predicted octanol–water partition coefficient (Wildman–Crippen LogP) is 4.45. The summed E-state index contributed by atoms with van der Waals surface area (Å²) >= 11 is 0. The first-order chi connectivity index (χ1) is 9.08. The Bertz CT molecular complexity index is 324. The van der Waals surface area contributed by atoms with Crippen molar-refractivity contribution in [1.82, 2.24) is 5.32 Å². The number of rotatable bonds is 9. The molecule has 1 aromatic rings. The summed E-state index contributed by atoms with van der Waals surface area (Å²) in [6, 6.07) is 9.21. The lowest BCUT2D eigenvalue weighted by atomic mass is 10.0. The second kappa shape index (κ2) is 9.14. The Morgan fingerprint density at radius 2 is 1.47 bits per heavy atom. The van der Waals surface area contributed by atoms with E-state index in [4.69, 9.17) is 0 Å². The van der Waals surface area contributed by atoms with Crippen molar-refractivity contribution >= 4 is 0 Å². The molecule has 0 bridgehead atoms. The minimum atomic E-state index is 0.748. The zero-order valence-corrected chi connectivity index (χ0v) is 13.2. The molecule has 1 aromatic carbocycles. The second-order valence-electron chi connectivity index (χ2n) is 6.47. The fourth-order valence-electron chi connectivity index (χ4n) is 2.28. The van der Waals surface area contributed by atoms with Crippen LogP contribution in [0.5, 0.6) is 0 Å². The summed E-state index contributed by atoms with van der Waals surface area (Å²) in [5.74, 6) is 1.51. The number of hydrogen-bond acceptors (Lipinski definition) is 1. The van der Waals surface area contributed by atoms with Gasteiger partial charge in [-0.1, -0.05) is 52.0 Å². The molecule has 1 heteroatoms. The summed E-state index contributed by atoms with van der Waals surface area (Å²) in [5, 5.41) is 3.50. The molecule has 108 valence electrons. The zero-order chi connectivity index (χ0) is 14.1. The van der Waals surface area contributed by atoms with Crippen LogP contribution in [0.2, 0.25) is 0 Å². The Labute approximate surface area is 119 Å². The summed E-state index contributed by atoms with van der Waals surface area (Å²) in [6.07, 6.45) is 4.97. The monoisotopic (exact) mass is 261 g/mol. The topological polar surface area (TPSA) is 12.0 Å². The molecular formula is C18H31N. The van der Waals surface area contributed by atoms with E-state index in [-0.39, 0.29) is 0 Å². The lowest BCUT2D eigenvalue weighted by molar-refractivity contribution is 0.535. The third kappa shape index (κ3) is 8.05. The van der Waals surface area contributed by atoms with Gasteiger partial charge in [0.05, 0.1) is 0 Å². The molecule has 0 saturated heterocycles. The quantitative estimate of drug-likeness (QED) is 0.647.